The summed E-state index contributed by atoms with van der Waals surface area (Å²) in [4.78, 5) is 21.8. The SMILES string of the molecule is CCn1nc(C(=O)N2CCN(c3nc4c(C)ccc(C)c4s3)CC2)cc1C. The van der Waals surface area contributed by atoms with Crippen LogP contribution >= 0.6 is 11.3 Å². The maximum atomic E-state index is 12.8. The Hall–Kier alpha value is -2.41. The number of nitrogens with zero attached hydrogens (tertiary/aromatic N) is 5. The molecule has 1 amide bonds. The van der Waals surface area contributed by atoms with Gasteiger partial charge in [-0.25, -0.2) is 4.98 Å². The molecule has 6 nitrogen and oxygen atoms in total. The number of rotatable bonds is 3. The van der Waals surface area contributed by atoms with Crippen LogP contribution in [0.1, 0.15) is 34.2 Å². The Labute approximate surface area is 163 Å². The lowest BCUT2D eigenvalue weighted by Gasteiger charge is -2.34. The van der Waals surface area contributed by atoms with Gasteiger partial charge in [-0.1, -0.05) is 23.5 Å². The molecule has 1 fully saturated rings. The molecule has 2 aromatic heterocycles. The van der Waals surface area contributed by atoms with Crippen molar-refractivity contribution < 1.29 is 4.79 Å². The Bertz CT molecular complexity index is 958. The van der Waals surface area contributed by atoms with Crippen molar-refractivity contribution in [2.24, 2.45) is 0 Å². The van der Waals surface area contributed by atoms with Crippen LogP contribution in [0.2, 0.25) is 0 Å². The van der Waals surface area contributed by atoms with Crippen molar-refractivity contribution in [2.75, 3.05) is 31.1 Å². The van der Waals surface area contributed by atoms with Crippen LogP contribution in [-0.2, 0) is 6.54 Å². The predicted octanol–water partition coefficient (Wildman–Crippen LogP) is 3.40. The van der Waals surface area contributed by atoms with E-state index in [0.717, 1.165) is 36.0 Å². The lowest BCUT2D eigenvalue weighted by Crippen LogP contribution is -2.48. The molecular formula is C20H25N5OS. The van der Waals surface area contributed by atoms with Gasteiger partial charge >= 0.3 is 0 Å². The van der Waals surface area contributed by atoms with E-state index in [-0.39, 0.29) is 5.91 Å². The molecule has 4 rings (SSSR count). The second kappa shape index (κ2) is 6.96. The highest BCUT2D eigenvalue weighted by atomic mass is 32.1. The maximum Gasteiger partial charge on any atom is 0.274 e. The predicted molar refractivity (Wildman–Crippen MR) is 110 cm³/mol. The van der Waals surface area contributed by atoms with Crippen LogP contribution in [0.5, 0.6) is 0 Å². The first-order chi connectivity index (χ1) is 13.0. The summed E-state index contributed by atoms with van der Waals surface area (Å²) in [6, 6.07) is 6.18. The third-order valence-electron chi connectivity index (χ3n) is 5.27. The topological polar surface area (TPSA) is 54.3 Å². The summed E-state index contributed by atoms with van der Waals surface area (Å²) < 4.78 is 3.14. The molecule has 0 radical (unpaired) electrons. The van der Waals surface area contributed by atoms with Crippen LogP contribution in [0.4, 0.5) is 5.13 Å². The highest BCUT2D eigenvalue weighted by molar-refractivity contribution is 7.22. The Morgan fingerprint density at radius 3 is 2.44 bits per heavy atom. The van der Waals surface area contributed by atoms with Crippen LogP contribution in [0, 0.1) is 20.8 Å². The highest BCUT2D eigenvalue weighted by Gasteiger charge is 2.26. The Kier molecular flexibility index (Phi) is 4.63. The van der Waals surface area contributed by atoms with Crippen molar-refractivity contribution in [1.29, 1.82) is 0 Å². The summed E-state index contributed by atoms with van der Waals surface area (Å²) in [5.74, 6) is 0.0286. The van der Waals surface area contributed by atoms with Crippen molar-refractivity contribution in [3.63, 3.8) is 0 Å². The summed E-state index contributed by atoms with van der Waals surface area (Å²) in [6.07, 6.45) is 0. The minimum Gasteiger partial charge on any atom is -0.345 e. The van der Waals surface area contributed by atoms with Gasteiger partial charge in [0.25, 0.3) is 5.91 Å². The van der Waals surface area contributed by atoms with Gasteiger partial charge in [-0.2, -0.15) is 5.10 Å². The van der Waals surface area contributed by atoms with E-state index in [9.17, 15) is 4.79 Å². The second-order valence-electron chi connectivity index (χ2n) is 7.14. The maximum absolute atomic E-state index is 12.8. The molecule has 0 saturated carbocycles. The van der Waals surface area contributed by atoms with Gasteiger partial charge in [-0.3, -0.25) is 9.48 Å². The first kappa shape index (κ1) is 18.0. The number of anilines is 1. The van der Waals surface area contributed by atoms with Gasteiger partial charge < -0.3 is 9.80 Å². The summed E-state index contributed by atoms with van der Waals surface area (Å²) >= 11 is 1.75. The Morgan fingerprint density at radius 2 is 1.81 bits per heavy atom. The number of hydrogen-bond donors (Lipinski definition) is 0. The summed E-state index contributed by atoms with van der Waals surface area (Å²) in [5.41, 5.74) is 5.17. The molecule has 1 aliphatic heterocycles. The number of piperazine rings is 1. The summed E-state index contributed by atoms with van der Waals surface area (Å²) in [6.45, 7) is 12.1. The van der Waals surface area contributed by atoms with Crippen LogP contribution < -0.4 is 4.90 Å². The third-order valence-corrected chi connectivity index (χ3v) is 6.52. The zero-order valence-electron chi connectivity index (χ0n) is 16.3. The van der Waals surface area contributed by atoms with E-state index >= 15 is 0 Å². The molecule has 1 saturated heterocycles. The summed E-state index contributed by atoms with van der Waals surface area (Å²) in [7, 11) is 0. The molecule has 7 heteroatoms. The number of aryl methyl sites for hydroxylation is 4. The molecule has 1 aliphatic rings. The standard InChI is InChI=1S/C20H25N5OS/c1-5-25-15(4)12-16(22-25)19(26)23-8-10-24(11-9-23)20-21-17-13(2)6-7-14(3)18(17)27-20/h6-7,12H,5,8-11H2,1-4H3. The van der Waals surface area contributed by atoms with Gasteiger partial charge in [-0.15, -0.1) is 0 Å². The van der Waals surface area contributed by atoms with E-state index in [1.807, 2.05) is 29.5 Å². The van der Waals surface area contributed by atoms with Crippen LogP contribution in [0.25, 0.3) is 10.2 Å². The molecule has 0 aliphatic carbocycles. The minimum atomic E-state index is 0.0286. The molecule has 0 N–H and O–H groups in total. The monoisotopic (exact) mass is 383 g/mol. The Balaban J connectivity index is 1.48. The first-order valence-electron chi connectivity index (χ1n) is 9.43. The van der Waals surface area contributed by atoms with Gasteiger partial charge in [0.1, 0.15) is 0 Å². The smallest absolute Gasteiger partial charge is 0.274 e. The molecule has 0 spiro atoms. The largest absolute Gasteiger partial charge is 0.345 e. The molecule has 142 valence electrons. The van der Waals surface area contributed by atoms with Crippen molar-refractivity contribution in [3.8, 4) is 0 Å². The molecule has 27 heavy (non-hydrogen) atoms. The molecular weight excluding hydrogens is 358 g/mol. The Morgan fingerprint density at radius 1 is 1.11 bits per heavy atom. The van der Waals surface area contributed by atoms with Gasteiger partial charge in [-0.05, 0) is 44.9 Å². The van der Waals surface area contributed by atoms with E-state index < -0.39 is 0 Å². The normalized spacial score (nSPS) is 15.0. The lowest BCUT2D eigenvalue weighted by atomic mass is 10.1. The number of thiazole rings is 1. The fraction of sp³-hybridized carbons (Fsp3) is 0.450. The summed E-state index contributed by atoms with van der Waals surface area (Å²) in [5, 5.41) is 5.49. The van der Waals surface area contributed by atoms with Crippen LogP contribution in [0.3, 0.4) is 0 Å². The van der Waals surface area contributed by atoms with Crippen molar-refractivity contribution in [1.82, 2.24) is 19.7 Å². The minimum absolute atomic E-state index is 0.0286. The fourth-order valence-electron chi connectivity index (χ4n) is 3.58. The van der Waals surface area contributed by atoms with Crippen LogP contribution in [0.15, 0.2) is 18.2 Å². The van der Waals surface area contributed by atoms with E-state index in [0.29, 0.717) is 18.8 Å². The van der Waals surface area contributed by atoms with Gasteiger partial charge in [0.05, 0.1) is 10.2 Å². The average molecular weight is 384 g/mol. The number of carbonyl (C=O) groups excluding carboxylic acids is 1. The van der Waals surface area contributed by atoms with Crippen molar-refractivity contribution in [3.05, 3.63) is 40.7 Å². The van der Waals surface area contributed by atoms with E-state index in [1.165, 1.54) is 15.8 Å². The number of fused-ring (bicyclic) bond motifs is 1. The molecule has 1 aromatic carbocycles. The molecule has 0 unspecified atom stereocenters. The molecule has 0 atom stereocenters. The molecule has 3 heterocycles. The molecule has 0 bridgehead atoms. The number of benzene rings is 1. The van der Waals surface area contributed by atoms with Gasteiger partial charge in [0.2, 0.25) is 0 Å². The zero-order valence-corrected chi connectivity index (χ0v) is 17.1. The van der Waals surface area contributed by atoms with Gasteiger partial charge in [0, 0.05) is 38.4 Å². The quantitative estimate of drug-likeness (QED) is 0.696. The number of aromatic nitrogens is 3. The van der Waals surface area contributed by atoms with Crippen molar-refractivity contribution >= 4 is 32.6 Å². The average Bonchev–Trinajstić information content (AvgIpc) is 3.29. The van der Waals surface area contributed by atoms with Gasteiger partial charge in [0.15, 0.2) is 10.8 Å². The molecule has 3 aromatic rings. The second-order valence-corrected chi connectivity index (χ2v) is 8.12. The first-order valence-corrected chi connectivity index (χ1v) is 10.2. The van der Waals surface area contributed by atoms with E-state index in [4.69, 9.17) is 4.98 Å². The number of carbonyl (C=O) groups is 1. The van der Waals surface area contributed by atoms with E-state index in [1.54, 1.807) is 11.3 Å². The lowest BCUT2D eigenvalue weighted by molar-refractivity contribution is 0.0740. The number of amides is 1. The highest BCUT2D eigenvalue weighted by Crippen LogP contribution is 2.33. The van der Waals surface area contributed by atoms with E-state index in [2.05, 4.69) is 36.0 Å². The zero-order chi connectivity index (χ0) is 19.1. The fourth-order valence-corrected chi connectivity index (χ4v) is 4.74. The van der Waals surface area contributed by atoms with Crippen LogP contribution in [-0.4, -0.2) is 51.8 Å². The third kappa shape index (κ3) is 3.20. The number of hydrogen-bond acceptors (Lipinski definition) is 5. The van der Waals surface area contributed by atoms with Crippen molar-refractivity contribution in [2.45, 2.75) is 34.2 Å².